The van der Waals surface area contributed by atoms with Crippen LogP contribution in [0.4, 0.5) is 0 Å². The smallest absolute Gasteiger partial charge is 0.314 e. The second kappa shape index (κ2) is 3.51. The maximum Gasteiger partial charge on any atom is 0.314 e. The first kappa shape index (κ1) is 10.5. The van der Waals surface area contributed by atoms with Gasteiger partial charge in [0.05, 0.1) is 11.5 Å². The number of aliphatic carboxylic acids is 1. The van der Waals surface area contributed by atoms with Gasteiger partial charge in [0.2, 0.25) is 0 Å². The Labute approximate surface area is 92.3 Å². The standard InChI is InChI=1S/C11H11ClO3/c12-8-3-1-2-7(4-8)11(10(14)15)5-9(13)6-11/h1-4,9,13H,5-6H2,(H,14,15). The summed E-state index contributed by atoms with van der Waals surface area (Å²) in [4.78, 5) is 11.2. The first-order valence-corrected chi connectivity index (χ1v) is 5.10. The number of hydrogen-bond acceptors (Lipinski definition) is 2. The average Bonchev–Trinajstić information content (AvgIpc) is 2.12. The molecule has 0 spiro atoms. The molecule has 1 aliphatic rings. The van der Waals surface area contributed by atoms with Gasteiger partial charge in [0.25, 0.3) is 0 Å². The third kappa shape index (κ3) is 1.62. The zero-order valence-electron chi connectivity index (χ0n) is 7.98. The van der Waals surface area contributed by atoms with Crippen molar-refractivity contribution in [2.45, 2.75) is 24.4 Å². The number of hydrogen-bond donors (Lipinski definition) is 2. The highest BCUT2D eigenvalue weighted by molar-refractivity contribution is 6.30. The third-order valence-corrected chi connectivity index (χ3v) is 3.19. The molecule has 2 rings (SSSR count). The first-order valence-electron chi connectivity index (χ1n) is 4.72. The van der Waals surface area contributed by atoms with E-state index < -0.39 is 17.5 Å². The number of aliphatic hydroxyl groups excluding tert-OH is 1. The largest absolute Gasteiger partial charge is 0.481 e. The Morgan fingerprint density at radius 1 is 1.47 bits per heavy atom. The lowest BCUT2D eigenvalue weighted by Crippen LogP contribution is -2.50. The second-order valence-corrected chi connectivity index (χ2v) is 4.40. The molecule has 80 valence electrons. The van der Waals surface area contributed by atoms with Crippen molar-refractivity contribution in [1.82, 2.24) is 0 Å². The highest BCUT2D eigenvalue weighted by Crippen LogP contribution is 2.44. The molecule has 1 fully saturated rings. The quantitative estimate of drug-likeness (QED) is 0.809. The van der Waals surface area contributed by atoms with Crippen LogP contribution in [0.2, 0.25) is 5.02 Å². The van der Waals surface area contributed by atoms with Gasteiger partial charge in [-0.05, 0) is 30.5 Å². The zero-order chi connectivity index (χ0) is 11.1. The van der Waals surface area contributed by atoms with Crippen LogP contribution in [0.15, 0.2) is 24.3 Å². The summed E-state index contributed by atoms with van der Waals surface area (Å²) in [6, 6.07) is 6.83. The van der Waals surface area contributed by atoms with Gasteiger partial charge in [-0.3, -0.25) is 4.79 Å². The van der Waals surface area contributed by atoms with Crippen LogP contribution in [0.3, 0.4) is 0 Å². The fraction of sp³-hybridized carbons (Fsp3) is 0.364. The summed E-state index contributed by atoms with van der Waals surface area (Å²) in [5.41, 5.74) is -0.266. The molecule has 0 unspecified atom stereocenters. The van der Waals surface area contributed by atoms with Crippen molar-refractivity contribution in [2.24, 2.45) is 0 Å². The third-order valence-electron chi connectivity index (χ3n) is 2.95. The van der Waals surface area contributed by atoms with E-state index in [9.17, 15) is 15.0 Å². The fourth-order valence-corrected chi connectivity index (χ4v) is 2.25. The Balaban J connectivity index is 2.39. The van der Waals surface area contributed by atoms with Crippen molar-refractivity contribution < 1.29 is 15.0 Å². The molecule has 0 aliphatic heterocycles. The number of aliphatic hydroxyl groups is 1. The normalized spacial score (nSPS) is 29.6. The highest BCUT2D eigenvalue weighted by atomic mass is 35.5. The Morgan fingerprint density at radius 2 is 2.13 bits per heavy atom. The van der Waals surface area contributed by atoms with Gasteiger partial charge in [0, 0.05) is 5.02 Å². The molecular formula is C11H11ClO3. The molecule has 0 amide bonds. The van der Waals surface area contributed by atoms with Gasteiger partial charge < -0.3 is 10.2 Å². The molecule has 0 heterocycles. The Hall–Kier alpha value is -1.06. The summed E-state index contributed by atoms with van der Waals surface area (Å²) in [5, 5.41) is 19.0. The van der Waals surface area contributed by atoms with Crippen LogP contribution in [0, 0.1) is 0 Å². The number of halogens is 1. The maximum absolute atomic E-state index is 11.2. The van der Waals surface area contributed by atoms with Gasteiger partial charge in [-0.25, -0.2) is 0 Å². The number of rotatable bonds is 2. The molecule has 0 atom stereocenters. The number of carboxylic acid groups (broad SMARTS) is 1. The molecule has 0 bridgehead atoms. The van der Waals surface area contributed by atoms with Gasteiger partial charge in [-0.1, -0.05) is 23.7 Å². The summed E-state index contributed by atoms with van der Waals surface area (Å²) >= 11 is 5.82. The molecule has 1 aliphatic carbocycles. The van der Waals surface area contributed by atoms with E-state index in [1.807, 2.05) is 0 Å². The second-order valence-electron chi connectivity index (χ2n) is 3.96. The van der Waals surface area contributed by atoms with E-state index in [0.717, 1.165) is 0 Å². The minimum absolute atomic E-state index is 0.267. The van der Waals surface area contributed by atoms with E-state index >= 15 is 0 Å². The van der Waals surface area contributed by atoms with Gasteiger partial charge in [-0.15, -0.1) is 0 Å². The van der Waals surface area contributed by atoms with Crippen LogP contribution in [0.25, 0.3) is 0 Å². The van der Waals surface area contributed by atoms with E-state index in [1.165, 1.54) is 0 Å². The van der Waals surface area contributed by atoms with Crippen LogP contribution >= 0.6 is 11.6 Å². The topological polar surface area (TPSA) is 57.5 Å². The van der Waals surface area contributed by atoms with E-state index in [-0.39, 0.29) is 12.8 Å². The van der Waals surface area contributed by atoms with Crippen molar-refractivity contribution in [2.75, 3.05) is 0 Å². The summed E-state index contributed by atoms with van der Waals surface area (Å²) in [6.07, 6.45) is 0.0193. The lowest BCUT2D eigenvalue weighted by atomic mass is 9.63. The lowest BCUT2D eigenvalue weighted by molar-refractivity contribution is -0.152. The summed E-state index contributed by atoms with van der Waals surface area (Å²) in [6.45, 7) is 0. The van der Waals surface area contributed by atoms with Gasteiger partial charge in [0.1, 0.15) is 0 Å². The molecule has 15 heavy (non-hydrogen) atoms. The predicted molar refractivity (Wildman–Crippen MR) is 56.0 cm³/mol. The molecule has 3 nitrogen and oxygen atoms in total. The van der Waals surface area contributed by atoms with Gasteiger partial charge >= 0.3 is 5.97 Å². The SMILES string of the molecule is O=C(O)C1(c2cccc(Cl)c2)CC(O)C1. The summed E-state index contributed by atoms with van der Waals surface area (Å²) in [7, 11) is 0. The number of carbonyl (C=O) groups is 1. The molecule has 2 N–H and O–H groups in total. The molecule has 1 aromatic rings. The molecule has 1 aromatic carbocycles. The minimum Gasteiger partial charge on any atom is -0.481 e. The lowest BCUT2D eigenvalue weighted by Gasteiger charge is -2.42. The Morgan fingerprint density at radius 3 is 2.60 bits per heavy atom. The van der Waals surface area contributed by atoms with Crippen LogP contribution < -0.4 is 0 Å². The molecule has 4 heteroatoms. The number of benzene rings is 1. The van der Waals surface area contributed by atoms with Crippen molar-refractivity contribution in [3.05, 3.63) is 34.9 Å². The van der Waals surface area contributed by atoms with Crippen LogP contribution in [0.5, 0.6) is 0 Å². The van der Waals surface area contributed by atoms with Crippen molar-refractivity contribution in [1.29, 1.82) is 0 Å². The molecule has 1 saturated carbocycles. The zero-order valence-corrected chi connectivity index (χ0v) is 8.74. The van der Waals surface area contributed by atoms with E-state index in [1.54, 1.807) is 24.3 Å². The molecule has 0 aromatic heterocycles. The first-order chi connectivity index (χ1) is 7.04. The Kier molecular flexibility index (Phi) is 2.44. The summed E-state index contributed by atoms with van der Waals surface area (Å²) < 4.78 is 0. The van der Waals surface area contributed by atoms with E-state index in [0.29, 0.717) is 10.6 Å². The number of carboxylic acids is 1. The van der Waals surface area contributed by atoms with E-state index in [4.69, 9.17) is 11.6 Å². The van der Waals surface area contributed by atoms with Crippen LogP contribution in [0.1, 0.15) is 18.4 Å². The average molecular weight is 227 g/mol. The van der Waals surface area contributed by atoms with Crippen LogP contribution in [-0.2, 0) is 10.2 Å². The predicted octanol–water partition coefficient (Wildman–Crippen LogP) is 1.82. The maximum atomic E-state index is 11.2. The highest BCUT2D eigenvalue weighted by Gasteiger charge is 2.51. The summed E-state index contributed by atoms with van der Waals surface area (Å²) in [5.74, 6) is -0.893. The van der Waals surface area contributed by atoms with Gasteiger partial charge in [-0.2, -0.15) is 0 Å². The van der Waals surface area contributed by atoms with Crippen molar-refractivity contribution in [3.63, 3.8) is 0 Å². The molecular weight excluding hydrogens is 216 g/mol. The van der Waals surface area contributed by atoms with Crippen molar-refractivity contribution >= 4 is 17.6 Å². The van der Waals surface area contributed by atoms with Crippen LogP contribution in [-0.4, -0.2) is 22.3 Å². The fourth-order valence-electron chi connectivity index (χ4n) is 2.06. The molecule has 0 radical (unpaired) electrons. The minimum atomic E-state index is -0.940. The Bertz CT molecular complexity index is 397. The van der Waals surface area contributed by atoms with Gasteiger partial charge in [0.15, 0.2) is 0 Å². The van der Waals surface area contributed by atoms with Crippen molar-refractivity contribution in [3.8, 4) is 0 Å². The molecule has 0 saturated heterocycles. The monoisotopic (exact) mass is 226 g/mol. The van der Waals surface area contributed by atoms with E-state index in [2.05, 4.69) is 0 Å².